The molecular weight excluding hydrogens is 283 g/mol. The number of hydrogen-bond donors (Lipinski definition) is 2. The number of hydrogen-bond acceptors (Lipinski definition) is 4. The van der Waals surface area contributed by atoms with Gasteiger partial charge in [-0.1, -0.05) is 19.9 Å². The molecule has 1 aromatic rings. The fourth-order valence-electron chi connectivity index (χ4n) is 1.64. The van der Waals surface area contributed by atoms with Gasteiger partial charge in [0.1, 0.15) is 22.3 Å². The maximum absolute atomic E-state index is 13.4. The van der Waals surface area contributed by atoms with E-state index in [1.54, 1.807) is 13.8 Å². The molecule has 0 saturated carbocycles. The summed E-state index contributed by atoms with van der Waals surface area (Å²) in [6.45, 7) is 3.28. The molecule has 0 unspecified atom stereocenters. The third kappa shape index (κ3) is 3.54. The van der Waals surface area contributed by atoms with Crippen LogP contribution in [0.4, 0.5) is 4.39 Å². The maximum atomic E-state index is 13.4. The van der Waals surface area contributed by atoms with Crippen LogP contribution in [0.15, 0.2) is 23.1 Å². The fourth-order valence-corrected chi connectivity index (χ4v) is 2.93. The highest BCUT2D eigenvalue weighted by atomic mass is 32.2. The fraction of sp³-hybridized carbons (Fsp3) is 0.462. The van der Waals surface area contributed by atoms with Gasteiger partial charge in [-0.05, 0) is 25.0 Å². The lowest BCUT2D eigenvalue weighted by Gasteiger charge is -2.25. The minimum Gasteiger partial charge on any atom is -0.389 e. The van der Waals surface area contributed by atoms with Crippen LogP contribution in [0.1, 0.15) is 32.3 Å². The normalized spacial score (nSPS) is 12.2. The van der Waals surface area contributed by atoms with Crippen LogP contribution in [0.2, 0.25) is 0 Å². The van der Waals surface area contributed by atoms with E-state index in [0.29, 0.717) is 12.8 Å². The molecule has 110 valence electrons. The number of nitrogens with one attached hydrogen (secondary N) is 1. The summed E-state index contributed by atoms with van der Waals surface area (Å²) in [5.74, 6) is -0.892. The Morgan fingerprint density at radius 3 is 2.50 bits per heavy atom. The number of nitrogens with zero attached hydrogens (tertiary/aromatic N) is 1. The summed E-state index contributed by atoms with van der Waals surface area (Å²) in [5.41, 5.74) is -1.69. The predicted molar refractivity (Wildman–Crippen MR) is 71.8 cm³/mol. The zero-order valence-electron chi connectivity index (χ0n) is 11.4. The molecule has 0 spiro atoms. The van der Waals surface area contributed by atoms with Crippen LogP contribution in [0.3, 0.4) is 0 Å². The van der Waals surface area contributed by atoms with Gasteiger partial charge in [0.2, 0.25) is 10.0 Å². The minimum absolute atomic E-state index is 0.191. The van der Waals surface area contributed by atoms with E-state index in [4.69, 9.17) is 5.26 Å². The van der Waals surface area contributed by atoms with E-state index >= 15 is 0 Å². The summed E-state index contributed by atoms with van der Waals surface area (Å²) in [4.78, 5) is -0.422. The van der Waals surface area contributed by atoms with Crippen molar-refractivity contribution in [2.75, 3.05) is 6.54 Å². The molecule has 0 fully saturated rings. The molecule has 0 saturated heterocycles. The Morgan fingerprint density at radius 1 is 1.40 bits per heavy atom. The minimum atomic E-state index is -4.05. The zero-order chi connectivity index (χ0) is 15.4. The molecule has 0 bridgehead atoms. The number of nitriles is 1. The first-order chi connectivity index (χ1) is 9.29. The monoisotopic (exact) mass is 300 g/mol. The molecule has 7 heteroatoms. The molecule has 5 nitrogen and oxygen atoms in total. The molecule has 0 aliphatic carbocycles. The largest absolute Gasteiger partial charge is 0.389 e. The predicted octanol–water partition coefficient (Wildman–Crippen LogP) is 1.53. The number of benzene rings is 1. The summed E-state index contributed by atoms with van der Waals surface area (Å²) < 4.78 is 39.9. The Hall–Kier alpha value is -1.49. The van der Waals surface area contributed by atoms with Crippen molar-refractivity contribution in [3.05, 3.63) is 29.6 Å². The van der Waals surface area contributed by atoms with E-state index in [2.05, 4.69) is 4.72 Å². The molecular formula is C13H17FN2O3S. The first-order valence-corrected chi connectivity index (χ1v) is 7.68. The van der Waals surface area contributed by atoms with Crippen LogP contribution < -0.4 is 4.72 Å². The van der Waals surface area contributed by atoms with Gasteiger partial charge < -0.3 is 5.11 Å². The second-order valence-corrected chi connectivity index (χ2v) is 6.22. The molecule has 0 amide bonds. The molecule has 0 radical (unpaired) electrons. The Morgan fingerprint density at radius 2 is 2.00 bits per heavy atom. The highest BCUT2D eigenvalue weighted by Crippen LogP contribution is 2.19. The van der Waals surface area contributed by atoms with Crippen molar-refractivity contribution in [2.45, 2.75) is 37.2 Å². The van der Waals surface area contributed by atoms with Crippen molar-refractivity contribution in [1.29, 1.82) is 5.26 Å². The molecule has 0 aliphatic heterocycles. The van der Waals surface area contributed by atoms with Crippen LogP contribution in [0, 0.1) is 17.1 Å². The van der Waals surface area contributed by atoms with Crippen molar-refractivity contribution >= 4 is 10.0 Å². The van der Waals surface area contributed by atoms with Crippen molar-refractivity contribution in [3.63, 3.8) is 0 Å². The summed E-state index contributed by atoms with van der Waals surface area (Å²) >= 11 is 0. The average molecular weight is 300 g/mol. The Balaban J connectivity index is 3.08. The average Bonchev–Trinajstić information content (AvgIpc) is 2.44. The van der Waals surface area contributed by atoms with Gasteiger partial charge >= 0.3 is 0 Å². The molecule has 0 heterocycles. The lowest BCUT2D eigenvalue weighted by molar-refractivity contribution is 0.0377. The van der Waals surface area contributed by atoms with Gasteiger partial charge in [-0.25, -0.2) is 17.5 Å². The van der Waals surface area contributed by atoms with Crippen LogP contribution in [-0.4, -0.2) is 25.7 Å². The zero-order valence-corrected chi connectivity index (χ0v) is 12.2. The summed E-state index contributed by atoms with van der Waals surface area (Å²) in [6.07, 6.45) is 0.751. The molecule has 0 atom stereocenters. The van der Waals surface area contributed by atoms with E-state index in [-0.39, 0.29) is 6.54 Å². The van der Waals surface area contributed by atoms with Crippen molar-refractivity contribution in [3.8, 4) is 6.07 Å². The first-order valence-electron chi connectivity index (χ1n) is 6.20. The first kappa shape index (κ1) is 16.6. The molecule has 20 heavy (non-hydrogen) atoms. The highest BCUT2D eigenvalue weighted by Gasteiger charge is 2.27. The summed E-state index contributed by atoms with van der Waals surface area (Å²) in [7, 11) is -4.05. The lowest BCUT2D eigenvalue weighted by Crippen LogP contribution is -2.42. The van der Waals surface area contributed by atoms with Crippen molar-refractivity contribution in [2.24, 2.45) is 0 Å². The van der Waals surface area contributed by atoms with Crippen molar-refractivity contribution < 1.29 is 17.9 Å². The Bertz CT molecular complexity index is 619. The lowest BCUT2D eigenvalue weighted by atomic mass is 9.98. The van der Waals surface area contributed by atoms with E-state index in [1.165, 1.54) is 12.1 Å². The van der Waals surface area contributed by atoms with Gasteiger partial charge in [0.15, 0.2) is 0 Å². The molecule has 1 rings (SSSR count). The van der Waals surface area contributed by atoms with Gasteiger partial charge in [-0.2, -0.15) is 5.26 Å². The van der Waals surface area contributed by atoms with Crippen LogP contribution in [0.5, 0.6) is 0 Å². The smallest absolute Gasteiger partial charge is 0.242 e. The van der Waals surface area contributed by atoms with Gasteiger partial charge in [-0.3, -0.25) is 0 Å². The second-order valence-electron chi connectivity index (χ2n) is 4.48. The maximum Gasteiger partial charge on any atom is 0.242 e. The third-order valence-corrected chi connectivity index (χ3v) is 4.73. The third-order valence-electron chi connectivity index (χ3n) is 3.28. The number of halogens is 1. The highest BCUT2D eigenvalue weighted by molar-refractivity contribution is 7.89. The van der Waals surface area contributed by atoms with E-state index < -0.39 is 31.9 Å². The molecule has 0 aromatic heterocycles. The SMILES string of the molecule is CCC(O)(CC)CNS(=O)(=O)c1cccc(F)c1C#N. The van der Waals surface area contributed by atoms with Crippen molar-refractivity contribution in [1.82, 2.24) is 4.72 Å². The molecule has 0 aliphatic rings. The number of rotatable bonds is 6. The van der Waals surface area contributed by atoms with Gasteiger partial charge in [0.05, 0.1) is 5.60 Å². The van der Waals surface area contributed by atoms with Gasteiger partial charge in [0, 0.05) is 6.54 Å². The molecule has 1 aromatic carbocycles. The quantitative estimate of drug-likeness (QED) is 0.833. The number of sulfonamides is 1. The van der Waals surface area contributed by atoms with Crippen LogP contribution in [-0.2, 0) is 10.0 Å². The second kappa shape index (κ2) is 6.31. The van der Waals surface area contributed by atoms with Gasteiger partial charge in [-0.15, -0.1) is 0 Å². The topological polar surface area (TPSA) is 90.2 Å². The van der Waals surface area contributed by atoms with E-state index in [9.17, 15) is 17.9 Å². The molecule has 2 N–H and O–H groups in total. The number of aliphatic hydroxyl groups is 1. The summed E-state index contributed by atoms with van der Waals surface area (Å²) in [6, 6.07) is 4.93. The Kier molecular flexibility index (Phi) is 5.22. The summed E-state index contributed by atoms with van der Waals surface area (Å²) in [5, 5.41) is 18.9. The van der Waals surface area contributed by atoms with E-state index in [0.717, 1.165) is 12.1 Å². The van der Waals surface area contributed by atoms with E-state index in [1.807, 2.05) is 0 Å². The van der Waals surface area contributed by atoms with Gasteiger partial charge in [0.25, 0.3) is 0 Å². The van der Waals surface area contributed by atoms with Crippen LogP contribution in [0.25, 0.3) is 0 Å². The Labute approximate surface area is 118 Å². The standard InChI is InChI=1S/C13H17FN2O3S/c1-3-13(17,4-2)9-16-20(18,19)12-7-5-6-11(14)10(12)8-15/h5-7,16-17H,3-4,9H2,1-2H3. The van der Waals surface area contributed by atoms with Crippen LogP contribution >= 0.6 is 0 Å².